The van der Waals surface area contributed by atoms with Crippen molar-refractivity contribution in [3.8, 4) is 0 Å². The van der Waals surface area contributed by atoms with Crippen LogP contribution in [0, 0.1) is 0 Å². The van der Waals surface area contributed by atoms with Gasteiger partial charge in [-0.25, -0.2) is 0 Å². The topological polar surface area (TPSA) is 3.24 Å². The van der Waals surface area contributed by atoms with Crippen molar-refractivity contribution in [3.05, 3.63) is 0 Å². The summed E-state index contributed by atoms with van der Waals surface area (Å²) < 4.78 is 1.27. The molecule has 2 nitrogen and oxygen atoms in total. The molecule has 1 aliphatic heterocycles. The van der Waals surface area contributed by atoms with Gasteiger partial charge in [-0.3, -0.25) is 0 Å². The highest BCUT2D eigenvalue weighted by Crippen LogP contribution is 2.22. The molecule has 1 aliphatic rings. The van der Waals surface area contributed by atoms with Crippen molar-refractivity contribution in [2.45, 2.75) is 38.8 Å². The minimum atomic E-state index is 0.781. The van der Waals surface area contributed by atoms with E-state index in [0.717, 1.165) is 12.1 Å². The van der Waals surface area contributed by atoms with Crippen molar-refractivity contribution in [3.63, 3.8) is 0 Å². The summed E-state index contributed by atoms with van der Waals surface area (Å²) >= 11 is 0. The van der Waals surface area contributed by atoms with Gasteiger partial charge in [-0.05, 0) is 27.9 Å². The first-order chi connectivity index (χ1) is 5.96. The molecule has 0 spiro atoms. The van der Waals surface area contributed by atoms with E-state index in [9.17, 15) is 0 Å². The Kier molecular flexibility index (Phi) is 3.36. The van der Waals surface area contributed by atoms with E-state index in [0.29, 0.717) is 0 Å². The van der Waals surface area contributed by atoms with Crippen LogP contribution in [0.25, 0.3) is 0 Å². The van der Waals surface area contributed by atoms with Crippen molar-refractivity contribution < 1.29 is 4.48 Å². The Morgan fingerprint density at radius 3 is 1.92 bits per heavy atom. The third-order valence-electron chi connectivity index (χ3n) is 3.92. The van der Waals surface area contributed by atoms with Crippen LogP contribution in [0.15, 0.2) is 0 Å². The van der Waals surface area contributed by atoms with Gasteiger partial charge in [0.15, 0.2) is 0 Å². The molecule has 0 N–H and O–H groups in total. The van der Waals surface area contributed by atoms with E-state index in [1.54, 1.807) is 0 Å². The van der Waals surface area contributed by atoms with Crippen molar-refractivity contribution in [1.29, 1.82) is 0 Å². The molecule has 0 saturated carbocycles. The Labute approximate surface area is 83.1 Å². The minimum absolute atomic E-state index is 0.781. The summed E-state index contributed by atoms with van der Waals surface area (Å²) in [5, 5.41) is 0. The number of likely N-dealkylation sites (tertiary alicyclic amines) is 1. The summed E-state index contributed by atoms with van der Waals surface area (Å²) in [7, 11) is 6.81. The number of rotatable bonds is 2. The molecule has 0 aromatic rings. The molecule has 0 atom stereocenters. The third-order valence-corrected chi connectivity index (χ3v) is 3.92. The molecule has 1 heterocycles. The van der Waals surface area contributed by atoms with Crippen LogP contribution in [0.5, 0.6) is 0 Å². The molecule has 0 bridgehead atoms. The van der Waals surface area contributed by atoms with Gasteiger partial charge >= 0.3 is 0 Å². The van der Waals surface area contributed by atoms with Crippen molar-refractivity contribution >= 4 is 0 Å². The second-order valence-electron chi connectivity index (χ2n) is 5.22. The van der Waals surface area contributed by atoms with Crippen LogP contribution in [-0.2, 0) is 0 Å². The highest BCUT2D eigenvalue weighted by molar-refractivity contribution is 4.70. The first-order valence-corrected chi connectivity index (χ1v) is 5.46. The number of hydrogen-bond acceptors (Lipinski definition) is 1. The van der Waals surface area contributed by atoms with Gasteiger partial charge in [0.25, 0.3) is 0 Å². The van der Waals surface area contributed by atoms with Crippen LogP contribution in [0.3, 0.4) is 0 Å². The Hall–Kier alpha value is -0.0800. The maximum atomic E-state index is 2.40. The van der Waals surface area contributed by atoms with Gasteiger partial charge in [0.1, 0.15) is 0 Å². The summed E-state index contributed by atoms with van der Waals surface area (Å²) in [6.07, 6.45) is 2.73. The highest BCUT2D eigenvalue weighted by Gasteiger charge is 2.32. The van der Waals surface area contributed by atoms with Crippen molar-refractivity contribution in [1.82, 2.24) is 4.90 Å². The maximum absolute atomic E-state index is 2.40. The molecule has 0 radical (unpaired) electrons. The van der Waals surface area contributed by atoms with Gasteiger partial charge in [-0.2, -0.15) is 0 Å². The predicted molar refractivity (Wildman–Crippen MR) is 57.8 cm³/mol. The zero-order valence-electron chi connectivity index (χ0n) is 9.88. The molecule has 2 heteroatoms. The summed E-state index contributed by atoms with van der Waals surface area (Å²) in [5.74, 6) is 0. The normalized spacial score (nSPS) is 35.8. The second kappa shape index (κ2) is 3.97. The minimum Gasteiger partial charge on any atom is -0.324 e. The van der Waals surface area contributed by atoms with Crippen LogP contribution in [0.1, 0.15) is 26.7 Å². The number of piperidine rings is 1. The molecule has 0 aliphatic carbocycles. The van der Waals surface area contributed by atoms with Crippen molar-refractivity contribution in [2.75, 3.05) is 34.2 Å². The molecular weight excluding hydrogens is 160 g/mol. The fourth-order valence-electron chi connectivity index (χ4n) is 2.18. The lowest BCUT2D eigenvalue weighted by molar-refractivity contribution is -0.934. The Bertz CT molecular complexity index is 155. The molecule has 1 saturated heterocycles. The van der Waals surface area contributed by atoms with Crippen LogP contribution >= 0.6 is 0 Å². The summed E-state index contributed by atoms with van der Waals surface area (Å²) in [6, 6.07) is 1.60. The number of quaternary nitrogens is 1. The average Bonchev–Trinajstić information content (AvgIpc) is 2.04. The summed E-state index contributed by atoms with van der Waals surface area (Å²) in [6.45, 7) is 7.38. The van der Waals surface area contributed by atoms with Crippen LogP contribution in [0.2, 0.25) is 0 Å². The standard InChI is InChI=1S/C11H25N2/c1-10(2)13(5)8-6-11(7-9-13)12(3)4/h10-11H,6-9H2,1-5H3/q+1. The zero-order valence-corrected chi connectivity index (χ0v) is 9.88. The second-order valence-corrected chi connectivity index (χ2v) is 5.22. The lowest BCUT2D eigenvalue weighted by atomic mass is 10.0. The largest absolute Gasteiger partial charge is 0.324 e. The van der Waals surface area contributed by atoms with Crippen molar-refractivity contribution in [2.24, 2.45) is 0 Å². The maximum Gasteiger partial charge on any atom is 0.0831 e. The Morgan fingerprint density at radius 1 is 1.15 bits per heavy atom. The van der Waals surface area contributed by atoms with Crippen LogP contribution in [0.4, 0.5) is 0 Å². The molecule has 13 heavy (non-hydrogen) atoms. The molecule has 0 amide bonds. The molecular formula is C11H25N2+. The zero-order chi connectivity index (χ0) is 10.1. The quantitative estimate of drug-likeness (QED) is 0.590. The SMILES string of the molecule is CC(C)[N+]1(C)CCC(N(C)C)CC1. The van der Waals surface area contributed by atoms with Gasteiger partial charge in [-0.1, -0.05) is 0 Å². The van der Waals surface area contributed by atoms with E-state index in [1.165, 1.54) is 30.4 Å². The van der Waals surface area contributed by atoms with E-state index in [1.807, 2.05) is 0 Å². The van der Waals surface area contributed by atoms with E-state index in [-0.39, 0.29) is 0 Å². The average molecular weight is 185 g/mol. The molecule has 1 fully saturated rings. The fourth-order valence-corrected chi connectivity index (χ4v) is 2.18. The van der Waals surface area contributed by atoms with Gasteiger partial charge < -0.3 is 9.38 Å². The van der Waals surface area contributed by atoms with Gasteiger partial charge in [0.2, 0.25) is 0 Å². The number of hydrogen-bond donors (Lipinski definition) is 0. The van der Waals surface area contributed by atoms with E-state index in [2.05, 4.69) is 39.9 Å². The van der Waals surface area contributed by atoms with Crippen LogP contribution < -0.4 is 0 Å². The Morgan fingerprint density at radius 2 is 1.62 bits per heavy atom. The van der Waals surface area contributed by atoms with Crippen LogP contribution in [-0.4, -0.2) is 55.7 Å². The summed E-state index contributed by atoms with van der Waals surface area (Å²) in [4.78, 5) is 2.38. The first kappa shape index (κ1) is 11.0. The van der Waals surface area contributed by atoms with E-state index < -0.39 is 0 Å². The number of nitrogens with zero attached hydrogens (tertiary/aromatic N) is 2. The molecule has 0 aromatic heterocycles. The monoisotopic (exact) mass is 185 g/mol. The molecule has 0 aromatic carbocycles. The highest BCUT2D eigenvalue weighted by atomic mass is 15.4. The fraction of sp³-hybridized carbons (Fsp3) is 1.00. The van der Waals surface area contributed by atoms with Gasteiger partial charge in [-0.15, -0.1) is 0 Å². The first-order valence-electron chi connectivity index (χ1n) is 5.46. The summed E-state index contributed by atoms with van der Waals surface area (Å²) in [5.41, 5.74) is 0. The van der Waals surface area contributed by atoms with Gasteiger partial charge in [0, 0.05) is 18.9 Å². The Balaban J connectivity index is 2.47. The third kappa shape index (κ3) is 2.44. The van der Waals surface area contributed by atoms with E-state index in [4.69, 9.17) is 0 Å². The lowest BCUT2D eigenvalue weighted by Crippen LogP contribution is -2.56. The van der Waals surface area contributed by atoms with Gasteiger partial charge in [0.05, 0.1) is 26.2 Å². The molecule has 0 unspecified atom stereocenters. The molecule has 1 rings (SSSR count). The predicted octanol–water partition coefficient (Wildman–Crippen LogP) is 1.57. The van der Waals surface area contributed by atoms with E-state index >= 15 is 0 Å². The lowest BCUT2D eigenvalue weighted by Gasteiger charge is -2.45. The smallest absolute Gasteiger partial charge is 0.0831 e. The molecule has 78 valence electrons.